The fourth-order valence-corrected chi connectivity index (χ4v) is 4.90. The number of carbonyl (C=O) groups excluding carboxylic acids is 1. The molecule has 174 valence electrons. The standard InChI is InChI=1S/C24H27ClFN5OS/c1-16-20(25)7-6-8-21(16)27-23(32)17(2)33-24-29-28-22(15-30-13-4-3-5-14-30)31(24)19-11-9-18(26)10-12-19/h6-12,17H,3-5,13-15H2,1-2H3,(H,27,32). The number of rotatable bonds is 7. The lowest BCUT2D eigenvalue weighted by atomic mass is 10.1. The van der Waals surface area contributed by atoms with Gasteiger partial charge in [-0.25, -0.2) is 4.39 Å². The molecule has 1 fully saturated rings. The maximum absolute atomic E-state index is 13.6. The van der Waals surface area contributed by atoms with Crippen LogP contribution in [0.15, 0.2) is 47.6 Å². The van der Waals surface area contributed by atoms with Crippen LogP contribution < -0.4 is 5.32 Å². The zero-order valence-corrected chi connectivity index (χ0v) is 20.3. The van der Waals surface area contributed by atoms with Gasteiger partial charge in [-0.15, -0.1) is 10.2 Å². The summed E-state index contributed by atoms with van der Waals surface area (Å²) in [5.41, 5.74) is 2.28. The summed E-state index contributed by atoms with van der Waals surface area (Å²) in [5.74, 6) is 0.323. The van der Waals surface area contributed by atoms with Crippen LogP contribution in [0.5, 0.6) is 0 Å². The van der Waals surface area contributed by atoms with Gasteiger partial charge in [0.05, 0.1) is 11.8 Å². The first-order chi connectivity index (χ1) is 15.9. The van der Waals surface area contributed by atoms with Crippen molar-refractivity contribution in [3.05, 3.63) is 64.7 Å². The van der Waals surface area contributed by atoms with Crippen molar-refractivity contribution in [1.82, 2.24) is 19.7 Å². The Balaban J connectivity index is 1.56. The molecule has 9 heteroatoms. The lowest BCUT2D eigenvalue weighted by Gasteiger charge is -2.26. The van der Waals surface area contributed by atoms with Gasteiger partial charge in [0.15, 0.2) is 11.0 Å². The van der Waals surface area contributed by atoms with Crippen molar-refractivity contribution in [2.45, 2.75) is 50.1 Å². The van der Waals surface area contributed by atoms with Gasteiger partial charge >= 0.3 is 0 Å². The van der Waals surface area contributed by atoms with E-state index in [9.17, 15) is 9.18 Å². The summed E-state index contributed by atoms with van der Waals surface area (Å²) < 4.78 is 15.5. The van der Waals surface area contributed by atoms with E-state index in [1.807, 2.05) is 24.5 Å². The van der Waals surface area contributed by atoms with Gasteiger partial charge in [-0.3, -0.25) is 14.3 Å². The van der Waals surface area contributed by atoms with E-state index in [1.165, 1.54) is 43.2 Å². The lowest BCUT2D eigenvalue weighted by molar-refractivity contribution is -0.115. The third-order valence-electron chi connectivity index (χ3n) is 5.78. The second-order valence-electron chi connectivity index (χ2n) is 8.21. The number of amides is 1. The van der Waals surface area contributed by atoms with E-state index in [4.69, 9.17) is 11.6 Å². The Morgan fingerprint density at radius 1 is 1.15 bits per heavy atom. The first-order valence-corrected chi connectivity index (χ1v) is 12.3. The quantitative estimate of drug-likeness (QED) is 0.447. The molecule has 1 atom stereocenters. The van der Waals surface area contributed by atoms with Crippen LogP contribution in [0.2, 0.25) is 5.02 Å². The fraction of sp³-hybridized carbons (Fsp3) is 0.375. The molecular weight excluding hydrogens is 461 g/mol. The monoisotopic (exact) mass is 487 g/mol. The largest absolute Gasteiger partial charge is 0.325 e. The number of hydrogen-bond donors (Lipinski definition) is 1. The third kappa shape index (κ3) is 5.75. The van der Waals surface area contributed by atoms with Gasteiger partial charge < -0.3 is 5.32 Å². The van der Waals surface area contributed by atoms with Crippen molar-refractivity contribution in [3.8, 4) is 5.69 Å². The van der Waals surface area contributed by atoms with E-state index in [0.717, 1.165) is 30.2 Å². The smallest absolute Gasteiger partial charge is 0.237 e. The fourth-order valence-electron chi connectivity index (χ4n) is 3.83. The van der Waals surface area contributed by atoms with Crippen LogP contribution in [0.3, 0.4) is 0 Å². The zero-order chi connectivity index (χ0) is 23.4. The average molecular weight is 488 g/mol. The molecule has 1 aromatic heterocycles. The maximum atomic E-state index is 13.6. The van der Waals surface area contributed by atoms with Crippen molar-refractivity contribution >= 4 is 35.0 Å². The molecule has 33 heavy (non-hydrogen) atoms. The Bertz CT molecular complexity index is 1110. The Morgan fingerprint density at radius 3 is 2.61 bits per heavy atom. The van der Waals surface area contributed by atoms with Gasteiger partial charge in [0.1, 0.15) is 5.82 Å². The molecule has 0 radical (unpaired) electrons. The summed E-state index contributed by atoms with van der Waals surface area (Å²) in [7, 11) is 0. The molecule has 0 saturated carbocycles. The maximum Gasteiger partial charge on any atom is 0.237 e. The van der Waals surface area contributed by atoms with E-state index < -0.39 is 5.25 Å². The predicted octanol–water partition coefficient (Wildman–Crippen LogP) is 5.47. The van der Waals surface area contributed by atoms with Crippen molar-refractivity contribution in [3.63, 3.8) is 0 Å². The van der Waals surface area contributed by atoms with Crippen molar-refractivity contribution in [2.75, 3.05) is 18.4 Å². The van der Waals surface area contributed by atoms with Crippen LogP contribution in [0.25, 0.3) is 5.69 Å². The summed E-state index contributed by atoms with van der Waals surface area (Å²) in [6, 6.07) is 11.7. The van der Waals surface area contributed by atoms with E-state index >= 15 is 0 Å². The highest BCUT2D eigenvalue weighted by atomic mass is 35.5. The van der Waals surface area contributed by atoms with Gasteiger partial charge in [-0.2, -0.15) is 0 Å². The van der Waals surface area contributed by atoms with Crippen LogP contribution in [-0.4, -0.2) is 43.9 Å². The summed E-state index contributed by atoms with van der Waals surface area (Å²) in [5, 5.41) is 12.5. The summed E-state index contributed by atoms with van der Waals surface area (Å²) in [6.45, 7) is 6.40. The van der Waals surface area contributed by atoms with Gasteiger partial charge in [-0.05, 0) is 81.7 Å². The molecule has 1 saturated heterocycles. The molecule has 0 bridgehead atoms. The van der Waals surface area contributed by atoms with E-state index in [-0.39, 0.29) is 11.7 Å². The summed E-state index contributed by atoms with van der Waals surface area (Å²) in [4.78, 5) is 15.3. The minimum absolute atomic E-state index is 0.156. The number of nitrogens with one attached hydrogen (secondary N) is 1. The van der Waals surface area contributed by atoms with Crippen molar-refractivity contribution < 1.29 is 9.18 Å². The number of anilines is 1. The first kappa shape index (κ1) is 23.7. The minimum Gasteiger partial charge on any atom is -0.325 e. The van der Waals surface area contributed by atoms with Gasteiger partial charge in [-0.1, -0.05) is 35.9 Å². The molecule has 3 aromatic rings. The molecule has 1 N–H and O–H groups in total. The summed E-state index contributed by atoms with van der Waals surface area (Å²) in [6.07, 6.45) is 3.60. The topological polar surface area (TPSA) is 63.1 Å². The Labute approximate surface area is 202 Å². The van der Waals surface area contributed by atoms with Crippen molar-refractivity contribution in [1.29, 1.82) is 0 Å². The molecule has 1 amide bonds. The Hall–Kier alpha value is -2.42. The number of hydrogen-bond acceptors (Lipinski definition) is 5. The predicted molar refractivity (Wildman–Crippen MR) is 131 cm³/mol. The van der Waals surface area contributed by atoms with Crippen LogP contribution >= 0.6 is 23.4 Å². The number of piperidine rings is 1. The van der Waals surface area contributed by atoms with Gasteiger partial charge in [0.25, 0.3) is 0 Å². The van der Waals surface area contributed by atoms with Crippen LogP contribution in [-0.2, 0) is 11.3 Å². The SMILES string of the molecule is Cc1c(Cl)cccc1NC(=O)C(C)Sc1nnc(CN2CCCCC2)n1-c1ccc(F)cc1. The van der Waals surface area contributed by atoms with Crippen molar-refractivity contribution in [2.24, 2.45) is 0 Å². The highest BCUT2D eigenvalue weighted by Gasteiger charge is 2.23. The lowest BCUT2D eigenvalue weighted by Crippen LogP contribution is -2.30. The van der Waals surface area contributed by atoms with E-state index in [2.05, 4.69) is 20.4 Å². The third-order valence-corrected chi connectivity index (χ3v) is 7.23. The van der Waals surface area contributed by atoms with Crippen LogP contribution in [0.4, 0.5) is 10.1 Å². The number of likely N-dealkylation sites (tertiary alicyclic amines) is 1. The Kier molecular flexibility index (Phi) is 7.67. The highest BCUT2D eigenvalue weighted by Crippen LogP contribution is 2.29. The second-order valence-corrected chi connectivity index (χ2v) is 9.92. The summed E-state index contributed by atoms with van der Waals surface area (Å²) >= 11 is 7.50. The average Bonchev–Trinajstić information content (AvgIpc) is 3.19. The molecule has 6 nitrogen and oxygen atoms in total. The first-order valence-electron chi connectivity index (χ1n) is 11.1. The molecule has 1 unspecified atom stereocenters. The number of nitrogens with zero attached hydrogens (tertiary/aromatic N) is 4. The molecule has 1 aliphatic heterocycles. The normalized spacial score (nSPS) is 15.4. The molecule has 1 aliphatic rings. The second kappa shape index (κ2) is 10.7. The van der Waals surface area contributed by atoms with Crippen LogP contribution in [0.1, 0.15) is 37.6 Å². The van der Waals surface area contributed by atoms with Gasteiger partial charge in [0.2, 0.25) is 5.91 Å². The number of halogens is 2. The molecule has 2 heterocycles. The zero-order valence-electron chi connectivity index (χ0n) is 18.7. The number of aromatic nitrogens is 3. The van der Waals surface area contributed by atoms with E-state index in [0.29, 0.717) is 22.4 Å². The Morgan fingerprint density at radius 2 is 1.88 bits per heavy atom. The number of benzene rings is 2. The number of thioether (sulfide) groups is 1. The molecule has 2 aromatic carbocycles. The number of carbonyl (C=O) groups is 1. The molecule has 0 spiro atoms. The molecule has 4 rings (SSSR count). The van der Waals surface area contributed by atoms with Gasteiger partial charge in [0, 0.05) is 16.4 Å². The highest BCUT2D eigenvalue weighted by molar-refractivity contribution is 8.00. The van der Waals surface area contributed by atoms with E-state index in [1.54, 1.807) is 24.3 Å². The molecule has 0 aliphatic carbocycles. The minimum atomic E-state index is -0.436. The molecular formula is C24H27ClFN5OS. The van der Waals surface area contributed by atoms with Crippen LogP contribution in [0, 0.1) is 12.7 Å².